The lowest BCUT2D eigenvalue weighted by molar-refractivity contribution is -0.117. The molecule has 0 radical (unpaired) electrons. The lowest BCUT2D eigenvalue weighted by Crippen LogP contribution is -2.27. The third kappa shape index (κ3) is 3.98. The largest absolute Gasteiger partial charge is 0.383 e. The Labute approximate surface area is 164 Å². The fourth-order valence-corrected chi connectivity index (χ4v) is 3.31. The highest BCUT2D eigenvalue weighted by Crippen LogP contribution is 2.25. The number of hydrogen-bond acceptors (Lipinski definition) is 3. The lowest BCUT2D eigenvalue weighted by Gasteiger charge is -2.11. The predicted molar refractivity (Wildman–Crippen MR) is 111 cm³/mol. The molecular weight excluding hydrogens is 350 g/mol. The highest BCUT2D eigenvalue weighted by Gasteiger charge is 2.13. The molecule has 0 aliphatic heterocycles. The number of amides is 1. The summed E-state index contributed by atoms with van der Waals surface area (Å²) in [6, 6.07) is 18.5. The van der Waals surface area contributed by atoms with Crippen LogP contribution in [0.5, 0.6) is 0 Å². The first-order chi connectivity index (χ1) is 13.5. The quantitative estimate of drug-likeness (QED) is 0.405. The van der Waals surface area contributed by atoms with Crippen LogP contribution in [-0.2, 0) is 9.53 Å². The third-order valence-corrected chi connectivity index (χ3v) is 4.72. The average Bonchev–Trinajstić information content (AvgIpc) is 2.98. The van der Waals surface area contributed by atoms with Gasteiger partial charge in [-0.1, -0.05) is 30.3 Å². The van der Waals surface area contributed by atoms with Crippen molar-refractivity contribution >= 4 is 22.8 Å². The van der Waals surface area contributed by atoms with Gasteiger partial charge in [0.25, 0.3) is 5.91 Å². The van der Waals surface area contributed by atoms with E-state index in [4.69, 9.17) is 4.74 Å². The van der Waals surface area contributed by atoms with Crippen LogP contribution < -0.4 is 5.32 Å². The van der Waals surface area contributed by atoms with Crippen LogP contribution in [0.2, 0.25) is 0 Å². The maximum atomic E-state index is 12.2. The minimum absolute atomic E-state index is 0.0786. The Balaban J connectivity index is 1.96. The Bertz CT molecular complexity index is 1090. The van der Waals surface area contributed by atoms with Gasteiger partial charge in [-0.05, 0) is 54.5 Å². The molecule has 3 rings (SSSR count). The summed E-state index contributed by atoms with van der Waals surface area (Å²) >= 11 is 0. The highest BCUT2D eigenvalue weighted by molar-refractivity contribution is 6.01. The molecule has 0 atom stereocenters. The van der Waals surface area contributed by atoms with Crippen molar-refractivity contribution in [2.45, 2.75) is 13.8 Å². The number of methoxy groups -OCH3 is 1. The molecule has 0 saturated heterocycles. The van der Waals surface area contributed by atoms with Crippen LogP contribution in [0.3, 0.4) is 0 Å². The molecule has 5 heteroatoms. The third-order valence-electron chi connectivity index (χ3n) is 4.72. The van der Waals surface area contributed by atoms with Crippen LogP contribution in [0.15, 0.2) is 54.1 Å². The van der Waals surface area contributed by atoms with E-state index in [9.17, 15) is 10.1 Å². The van der Waals surface area contributed by atoms with E-state index in [1.807, 2.05) is 38.1 Å². The number of hydrogen-bond donors (Lipinski definition) is 1. The Morgan fingerprint density at radius 1 is 1.18 bits per heavy atom. The second-order valence-electron chi connectivity index (χ2n) is 6.61. The number of nitrogens with zero attached hydrogens (tertiary/aromatic N) is 2. The fourth-order valence-electron chi connectivity index (χ4n) is 3.31. The average molecular weight is 373 g/mol. The minimum atomic E-state index is -0.393. The van der Waals surface area contributed by atoms with E-state index in [0.29, 0.717) is 13.2 Å². The number of rotatable bonds is 6. The van der Waals surface area contributed by atoms with Crippen LogP contribution >= 0.6 is 0 Å². The molecule has 142 valence electrons. The zero-order chi connectivity index (χ0) is 20.1. The van der Waals surface area contributed by atoms with E-state index in [-0.39, 0.29) is 5.57 Å². The first kappa shape index (κ1) is 19.4. The van der Waals surface area contributed by atoms with Gasteiger partial charge in [0.05, 0.1) is 6.61 Å². The monoisotopic (exact) mass is 373 g/mol. The van der Waals surface area contributed by atoms with E-state index < -0.39 is 5.91 Å². The van der Waals surface area contributed by atoms with Crippen LogP contribution in [-0.4, -0.2) is 30.7 Å². The number of nitrogens with one attached hydrogen (secondary N) is 1. The standard InChI is InChI=1S/C23H23N3O2/c1-16-12-20(13-21(15-24)23(27)25-10-11-28-3)17(2)26(16)22-9-8-18-6-4-5-7-19(18)14-22/h4-9,12-14H,10-11H2,1-3H3,(H,25,27). The van der Waals surface area contributed by atoms with E-state index >= 15 is 0 Å². The second-order valence-corrected chi connectivity index (χ2v) is 6.61. The number of aromatic nitrogens is 1. The van der Waals surface area contributed by atoms with E-state index in [2.05, 4.69) is 40.2 Å². The van der Waals surface area contributed by atoms with Crippen LogP contribution in [0.1, 0.15) is 17.0 Å². The molecule has 1 N–H and O–H groups in total. The number of ether oxygens (including phenoxy) is 1. The first-order valence-corrected chi connectivity index (χ1v) is 9.12. The van der Waals surface area contributed by atoms with Gasteiger partial charge in [0.15, 0.2) is 0 Å². The SMILES string of the molecule is COCCNC(=O)C(C#N)=Cc1cc(C)n(-c2ccc3ccccc3c2)c1C. The maximum Gasteiger partial charge on any atom is 0.262 e. The van der Waals surface area contributed by atoms with Crippen LogP contribution in [0.4, 0.5) is 0 Å². The van der Waals surface area contributed by atoms with Gasteiger partial charge in [-0.3, -0.25) is 4.79 Å². The summed E-state index contributed by atoms with van der Waals surface area (Å²) in [6.07, 6.45) is 1.64. The number of nitriles is 1. The molecule has 3 aromatic rings. The number of carbonyl (C=O) groups is 1. The van der Waals surface area contributed by atoms with E-state index in [1.54, 1.807) is 13.2 Å². The summed E-state index contributed by atoms with van der Waals surface area (Å²) in [6.45, 7) is 4.78. The van der Waals surface area contributed by atoms with Crippen molar-refractivity contribution in [1.29, 1.82) is 5.26 Å². The summed E-state index contributed by atoms with van der Waals surface area (Å²) in [4.78, 5) is 12.2. The summed E-state index contributed by atoms with van der Waals surface area (Å²) < 4.78 is 7.06. The molecule has 1 aromatic heterocycles. The van der Waals surface area contributed by atoms with Crippen molar-refractivity contribution < 1.29 is 9.53 Å². The molecule has 0 spiro atoms. The van der Waals surface area contributed by atoms with Crippen LogP contribution in [0, 0.1) is 25.2 Å². The number of benzene rings is 2. The van der Waals surface area contributed by atoms with Crippen molar-refractivity contribution in [2.75, 3.05) is 20.3 Å². The summed E-state index contributed by atoms with van der Waals surface area (Å²) in [5.74, 6) is -0.393. The van der Waals surface area contributed by atoms with Gasteiger partial charge in [-0.2, -0.15) is 5.26 Å². The smallest absolute Gasteiger partial charge is 0.262 e. The van der Waals surface area contributed by atoms with Crippen molar-refractivity contribution in [2.24, 2.45) is 0 Å². The molecule has 2 aromatic carbocycles. The Morgan fingerprint density at radius 3 is 2.64 bits per heavy atom. The van der Waals surface area contributed by atoms with Gasteiger partial charge in [0.2, 0.25) is 0 Å². The Morgan fingerprint density at radius 2 is 1.93 bits per heavy atom. The lowest BCUT2D eigenvalue weighted by atomic mass is 10.1. The molecular formula is C23H23N3O2. The van der Waals surface area contributed by atoms with Gasteiger partial charge in [-0.15, -0.1) is 0 Å². The Hall–Kier alpha value is -3.36. The molecule has 0 bridgehead atoms. The van der Waals surface area contributed by atoms with Gasteiger partial charge < -0.3 is 14.6 Å². The zero-order valence-corrected chi connectivity index (χ0v) is 16.3. The van der Waals surface area contributed by atoms with Gasteiger partial charge in [-0.25, -0.2) is 0 Å². The summed E-state index contributed by atoms with van der Waals surface area (Å²) in [7, 11) is 1.56. The molecule has 0 aliphatic carbocycles. The van der Waals surface area contributed by atoms with Gasteiger partial charge in [0.1, 0.15) is 11.6 Å². The molecule has 1 heterocycles. The van der Waals surface area contributed by atoms with Crippen molar-refractivity contribution in [3.8, 4) is 11.8 Å². The molecule has 0 unspecified atom stereocenters. The summed E-state index contributed by atoms with van der Waals surface area (Å²) in [5.41, 5.74) is 4.00. The molecule has 1 amide bonds. The molecule has 28 heavy (non-hydrogen) atoms. The van der Waals surface area contributed by atoms with E-state index in [1.165, 1.54) is 10.8 Å². The second kappa shape index (κ2) is 8.55. The number of aryl methyl sites for hydroxylation is 1. The van der Waals surface area contributed by atoms with E-state index in [0.717, 1.165) is 22.6 Å². The number of fused-ring (bicyclic) bond motifs is 1. The zero-order valence-electron chi connectivity index (χ0n) is 16.3. The number of carbonyl (C=O) groups excluding carboxylic acids is 1. The molecule has 0 fully saturated rings. The highest BCUT2D eigenvalue weighted by atomic mass is 16.5. The molecule has 5 nitrogen and oxygen atoms in total. The predicted octanol–water partition coefficient (Wildman–Crippen LogP) is 3.92. The normalized spacial score (nSPS) is 11.4. The van der Waals surface area contributed by atoms with Gasteiger partial charge in [0, 0.05) is 30.7 Å². The van der Waals surface area contributed by atoms with Crippen molar-refractivity contribution in [3.05, 3.63) is 71.1 Å². The molecule has 0 saturated carbocycles. The topological polar surface area (TPSA) is 67.0 Å². The van der Waals surface area contributed by atoms with Crippen molar-refractivity contribution in [1.82, 2.24) is 9.88 Å². The minimum Gasteiger partial charge on any atom is -0.383 e. The fraction of sp³-hybridized carbons (Fsp3) is 0.217. The first-order valence-electron chi connectivity index (χ1n) is 9.12. The van der Waals surface area contributed by atoms with Gasteiger partial charge >= 0.3 is 0 Å². The maximum absolute atomic E-state index is 12.2. The van der Waals surface area contributed by atoms with Crippen LogP contribution in [0.25, 0.3) is 22.5 Å². The van der Waals surface area contributed by atoms with Crippen molar-refractivity contribution in [3.63, 3.8) is 0 Å². The Kier molecular flexibility index (Phi) is 5.93. The summed E-state index contributed by atoms with van der Waals surface area (Å²) in [5, 5.41) is 14.4. The molecule has 0 aliphatic rings.